The predicted molar refractivity (Wildman–Crippen MR) is 71.3 cm³/mol. The largest absolute Gasteiger partial charge is 0.411 e. The third-order valence-electron chi connectivity index (χ3n) is 2.97. The van der Waals surface area contributed by atoms with Gasteiger partial charge in [-0.15, -0.1) is 0 Å². The second kappa shape index (κ2) is 4.93. The molecule has 2 rings (SSSR count). The molecule has 98 valence electrons. The summed E-state index contributed by atoms with van der Waals surface area (Å²) in [6.07, 6.45) is 1.34. The fraction of sp³-hybridized carbons (Fsp3) is 0.154. The Morgan fingerprint density at radius 1 is 1.37 bits per heavy atom. The molecule has 0 saturated heterocycles. The Morgan fingerprint density at radius 3 is 2.74 bits per heavy atom. The number of non-ortho nitro benzene ring substituents is 1. The fourth-order valence-corrected chi connectivity index (χ4v) is 2.12. The van der Waals surface area contributed by atoms with Crippen LogP contribution in [-0.2, 0) is 0 Å². The summed E-state index contributed by atoms with van der Waals surface area (Å²) in [5.74, 6) is 0. The van der Waals surface area contributed by atoms with E-state index in [0.29, 0.717) is 5.69 Å². The predicted octanol–water partition coefficient (Wildman–Crippen LogP) is 2.81. The summed E-state index contributed by atoms with van der Waals surface area (Å²) in [7, 11) is 0. The average molecular weight is 259 g/mol. The number of nitro groups is 1. The zero-order valence-corrected chi connectivity index (χ0v) is 10.6. The van der Waals surface area contributed by atoms with Crippen LogP contribution < -0.4 is 0 Å². The van der Waals surface area contributed by atoms with Crippen LogP contribution in [0.15, 0.2) is 35.5 Å². The molecule has 2 aromatic rings. The molecule has 1 aromatic heterocycles. The summed E-state index contributed by atoms with van der Waals surface area (Å²) >= 11 is 0. The molecule has 0 saturated carbocycles. The highest BCUT2D eigenvalue weighted by molar-refractivity contribution is 5.81. The van der Waals surface area contributed by atoms with Crippen LogP contribution in [0.25, 0.3) is 5.69 Å². The van der Waals surface area contributed by atoms with Crippen LogP contribution in [0.3, 0.4) is 0 Å². The van der Waals surface area contributed by atoms with Crippen molar-refractivity contribution in [2.45, 2.75) is 13.8 Å². The second-order valence-electron chi connectivity index (χ2n) is 4.18. The van der Waals surface area contributed by atoms with E-state index in [1.54, 1.807) is 12.1 Å². The zero-order chi connectivity index (χ0) is 14.0. The molecule has 1 heterocycles. The molecule has 0 atom stereocenters. The maximum absolute atomic E-state index is 10.8. The number of benzene rings is 1. The molecule has 0 unspecified atom stereocenters. The summed E-state index contributed by atoms with van der Waals surface area (Å²) in [4.78, 5) is 10.4. The number of hydrogen-bond acceptors (Lipinski definition) is 4. The molecule has 0 amide bonds. The van der Waals surface area contributed by atoms with Crippen LogP contribution >= 0.6 is 0 Å². The highest BCUT2D eigenvalue weighted by atomic mass is 16.6. The van der Waals surface area contributed by atoms with Gasteiger partial charge < -0.3 is 9.77 Å². The Bertz CT molecular complexity index is 659. The van der Waals surface area contributed by atoms with Gasteiger partial charge in [-0.25, -0.2) is 0 Å². The number of oxime groups is 1. The van der Waals surface area contributed by atoms with Crippen molar-refractivity contribution in [2.75, 3.05) is 0 Å². The first-order valence-corrected chi connectivity index (χ1v) is 5.66. The van der Waals surface area contributed by atoms with Gasteiger partial charge in [0.15, 0.2) is 0 Å². The number of nitro benzene ring substituents is 1. The smallest absolute Gasteiger partial charge is 0.271 e. The van der Waals surface area contributed by atoms with E-state index >= 15 is 0 Å². The molecule has 0 aliphatic carbocycles. The lowest BCUT2D eigenvalue weighted by atomic mass is 10.2. The molecule has 0 spiro atoms. The molecule has 6 heteroatoms. The molecule has 0 aliphatic heterocycles. The SMILES string of the molecule is Cc1cc(C=NO)c(C)n1-c1cccc([N+](=O)[O-])c1. The molecular weight excluding hydrogens is 246 g/mol. The van der Waals surface area contributed by atoms with Crippen molar-refractivity contribution in [3.8, 4) is 5.69 Å². The number of rotatable bonds is 3. The Balaban J connectivity index is 2.59. The lowest BCUT2D eigenvalue weighted by Gasteiger charge is -2.09. The van der Waals surface area contributed by atoms with Gasteiger partial charge in [-0.05, 0) is 26.0 Å². The normalized spacial score (nSPS) is 11.1. The van der Waals surface area contributed by atoms with Crippen molar-refractivity contribution in [3.05, 3.63) is 57.4 Å². The Morgan fingerprint density at radius 2 is 2.11 bits per heavy atom. The van der Waals surface area contributed by atoms with Crippen molar-refractivity contribution in [2.24, 2.45) is 5.16 Å². The van der Waals surface area contributed by atoms with E-state index in [2.05, 4.69) is 5.16 Å². The molecule has 1 N–H and O–H groups in total. The molecule has 0 fully saturated rings. The van der Waals surface area contributed by atoms with Gasteiger partial charge in [-0.1, -0.05) is 11.2 Å². The van der Waals surface area contributed by atoms with Gasteiger partial charge in [0.2, 0.25) is 0 Å². The minimum Gasteiger partial charge on any atom is -0.411 e. The van der Waals surface area contributed by atoms with Crippen LogP contribution in [0.1, 0.15) is 17.0 Å². The van der Waals surface area contributed by atoms with Crippen molar-refractivity contribution < 1.29 is 10.1 Å². The lowest BCUT2D eigenvalue weighted by Crippen LogP contribution is -2.00. The van der Waals surface area contributed by atoms with E-state index in [1.807, 2.05) is 24.5 Å². The van der Waals surface area contributed by atoms with Gasteiger partial charge in [0, 0.05) is 29.1 Å². The third-order valence-corrected chi connectivity index (χ3v) is 2.97. The summed E-state index contributed by atoms with van der Waals surface area (Å²) in [6, 6.07) is 8.26. The van der Waals surface area contributed by atoms with Crippen LogP contribution in [0.4, 0.5) is 5.69 Å². The topological polar surface area (TPSA) is 80.7 Å². The number of aryl methyl sites for hydroxylation is 1. The third kappa shape index (κ3) is 2.33. The Hall–Kier alpha value is -2.63. The summed E-state index contributed by atoms with van der Waals surface area (Å²) in [5, 5.41) is 22.4. The van der Waals surface area contributed by atoms with E-state index in [-0.39, 0.29) is 5.69 Å². The standard InChI is InChI=1S/C13H13N3O3/c1-9-6-11(8-14-17)10(2)15(9)12-4-3-5-13(7-12)16(18)19/h3-8,17H,1-2H3. The van der Waals surface area contributed by atoms with Gasteiger partial charge >= 0.3 is 0 Å². The average Bonchev–Trinajstić information content (AvgIpc) is 2.65. The van der Waals surface area contributed by atoms with E-state index in [1.165, 1.54) is 18.3 Å². The second-order valence-corrected chi connectivity index (χ2v) is 4.18. The molecule has 6 nitrogen and oxygen atoms in total. The van der Waals surface area contributed by atoms with Crippen LogP contribution in [0, 0.1) is 24.0 Å². The number of nitrogens with zero attached hydrogens (tertiary/aromatic N) is 3. The minimum atomic E-state index is -0.423. The highest BCUT2D eigenvalue weighted by Crippen LogP contribution is 2.22. The van der Waals surface area contributed by atoms with Crippen molar-refractivity contribution in [3.63, 3.8) is 0 Å². The Labute approximate surface area is 109 Å². The van der Waals surface area contributed by atoms with Crippen LogP contribution in [-0.4, -0.2) is 20.9 Å². The minimum absolute atomic E-state index is 0.0439. The van der Waals surface area contributed by atoms with Crippen LogP contribution in [0.2, 0.25) is 0 Å². The lowest BCUT2D eigenvalue weighted by molar-refractivity contribution is -0.384. The molecule has 1 aromatic carbocycles. The van der Waals surface area contributed by atoms with E-state index in [9.17, 15) is 10.1 Å². The van der Waals surface area contributed by atoms with Crippen molar-refractivity contribution in [1.29, 1.82) is 0 Å². The maximum Gasteiger partial charge on any atom is 0.271 e. The zero-order valence-electron chi connectivity index (χ0n) is 10.6. The van der Waals surface area contributed by atoms with Gasteiger partial charge in [-0.2, -0.15) is 0 Å². The first kappa shape index (κ1) is 12.8. The van der Waals surface area contributed by atoms with Gasteiger partial charge in [0.05, 0.1) is 16.8 Å². The maximum atomic E-state index is 10.8. The number of hydrogen-bond donors (Lipinski definition) is 1. The fourth-order valence-electron chi connectivity index (χ4n) is 2.12. The Kier molecular flexibility index (Phi) is 3.33. The molecule has 0 bridgehead atoms. The van der Waals surface area contributed by atoms with Crippen molar-refractivity contribution >= 4 is 11.9 Å². The quantitative estimate of drug-likeness (QED) is 0.398. The van der Waals surface area contributed by atoms with E-state index in [0.717, 1.165) is 17.0 Å². The monoisotopic (exact) mass is 259 g/mol. The molecular formula is C13H13N3O3. The summed E-state index contributed by atoms with van der Waals surface area (Å²) in [5.41, 5.74) is 3.29. The van der Waals surface area contributed by atoms with Gasteiger partial charge in [-0.3, -0.25) is 10.1 Å². The number of aromatic nitrogens is 1. The highest BCUT2D eigenvalue weighted by Gasteiger charge is 2.12. The molecule has 0 aliphatic rings. The van der Waals surface area contributed by atoms with Gasteiger partial charge in [0.1, 0.15) is 0 Å². The molecule has 0 radical (unpaired) electrons. The first-order valence-electron chi connectivity index (χ1n) is 5.66. The van der Waals surface area contributed by atoms with E-state index < -0.39 is 4.92 Å². The molecule has 19 heavy (non-hydrogen) atoms. The van der Waals surface area contributed by atoms with Crippen molar-refractivity contribution in [1.82, 2.24) is 4.57 Å². The van der Waals surface area contributed by atoms with Crippen LogP contribution in [0.5, 0.6) is 0 Å². The first-order chi connectivity index (χ1) is 9.04. The summed E-state index contributed by atoms with van der Waals surface area (Å²) in [6.45, 7) is 3.75. The summed E-state index contributed by atoms with van der Waals surface area (Å²) < 4.78 is 1.88. The van der Waals surface area contributed by atoms with E-state index in [4.69, 9.17) is 5.21 Å². The van der Waals surface area contributed by atoms with Gasteiger partial charge in [0.25, 0.3) is 5.69 Å².